The molecule has 2 heterocycles. The van der Waals surface area contributed by atoms with Crippen molar-refractivity contribution >= 4 is 11.3 Å². The van der Waals surface area contributed by atoms with Crippen molar-refractivity contribution < 1.29 is 0 Å². The Balaban J connectivity index is 1.83. The van der Waals surface area contributed by atoms with Crippen LogP contribution in [-0.4, -0.2) is 30.0 Å². The molecule has 1 aliphatic heterocycles. The maximum Gasteiger partial charge on any atom is 0.113 e. The van der Waals surface area contributed by atoms with E-state index in [-0.39, 0.29) is 5.41 Å². The van der Waals surface area contributed by atoms with Crippen LogP contribution in [0.3, 0.4) is 0 Å². The first-order valence-corrected chi connectivity index (χ1v) is 7.54. The van der Waals surface area contributed by atoms with Gasteiger partial charge in [0.05, 0.1) is 11.8 Å². The summed E-state index contributed by atoms with van der Waals surface area (Å²) in [6.07, 6.45) is 4.42. The summed E-state index contributed by atoms with van der Waals surface area (Å²) >= 11 is 1.76. The molecule has 0 amide bonds. The van der Waals surface area contributed by atoms with Gasteiger partial charge < -0.3 is 4.90 Å². The molecule has 0 N–H and O–H groups in total. The molecule has 1 aromatic rings. The second-order valence-corrected chi connectivity index (χ2v) is 6.94. The van der Waals surface area contributed by atoms with E-state index in [0.29, 0.717) is 5.92 Å². The van der Waals surface area contributed by atoms with Crippen molar-refractivity contribution in [3.8, 4) is 6.07 Å². The number of likely N-dealkylation sites (tertiary alicyclic amines) is 1. The molecule has 0 atom stereocenters. The van der Waals surface area contributed by atoms with Gasteiger partial charge in [-0.05, 0) is 52.7 Å². The zero-order chi connectivity index (χ0) is 12.8. The smallest absolute Gasteiger partial charge is 0.113 e. The van der Waals surface area contributed by atoms with Gasteiger partial charge in [0, 0.05) is 10.8 Å². The Morgan fingerprint density at radius 3 is 2.61 bits per heavy atom. The number of hydrogen-bond donors (Lipinski definition) is 0. The van der Waals surface area contributed by atoms with Gasteiger partial charge in [0.2, 0.25) is 0 Å². The Hall–Kier alpha value is -0.920. The molecular weight excluding hydrogens is 242 g/mol. The van der Waals surface area contributed by atoms with Crippen LogP contribution in [-0.2, 0) is 5.41 Å². The Morgan fingerprint density at radius 1 is 1.39 bits per heavy atom. The van der Waals surface area contributed by atoms with Crippen molar-refractivity contribution in [1.82, 2.24) is 9.88 Å². The first-order valence-electron chi connectivity index (χ1n) is 6.72. The number of nitrogens with zero attached hydrogens (tertiary/aromatic N) is 3. The van der Waals surface area contributed by atoms with Crippen LogP contribution >= 0.6 is 11.3 Å². The van der Waals surface area contributed by atoms with E-state index in [1.165, 1.54) is 36.5 Å². The molecule has 1 saturated heterocycles. The Kier molecular flexibility index (Phi) is 2.91. The van der Waals surface area contributed by atoms with Gasteiger partial charge in [0.25, 0.3) is 0 Å². The van der Waals surface area contributed by atoms with Gasteiger partial charge in [-0.1, -0.05) is 0 Å². The zero-order valence-electron chi connectivity index (χ0n) is 11.1. The van der Waals surface area contributed by atoms with Crippen LogP contribution in [0.25, 0.3) is 0 Å². The van der Waals surface area contributed by atoms with E-state index in [9.17, 15) is 5.26 Å². The van der Waals surface area contributed by atoms with E-state index in [0.717, 1.165) is 17.8 Å². The van der Waals surface area contributed by atoms with Crippen molar-refractivity contribution in [1.29, 1.82) is 5.26 Å². The second kappa shape index (κ2) is 4.32. The van der Waals surface area contributed by atoms with Crippen molar-refractivity contribution in [3.05, 3.63) is 15.6 Å². The summed E-state index contributed by atoms with van der Waals surface area (Å²) in [5, 5.41) is 10.3. The van der Waals surface area contributed by atoms with Gasteiger partial charge in [-0.15, -0.1) is 11.3 Å². The minimum atomic E-state index is -0.209. The zero-order valence-corrected chi connectivity index (χ0v) is 11.9. The third-order valence-electron chi connectivity index (χ3n) is 4.31. The fraction of sp³-hybridized carbons (Fsp3) is 0.714. The van der Waals surface area contributed by atoms with E-state index in [4.69, 9.17) is 4.98 Å². The third-order valence-corrected chi connectivity index (χ3v) is 5.50. The monoisotopic (exact) mass is 261 g/mol. The molecular formula is C14H19N3S. The molecule has 0 spiro atoms. The van der Waals surface area contributed by atoms with Crippen LogP contribution in [0.1, 0.15) is 47.2 Å². The highest BCUT2D eigenvalue weighted by atomic mass is 32.1. The minimum Gasteiger partial charge on any atom is -0.306 e. The lowest BCUT2D eigenvalue weighted by atomic mass is 9.93. The number of aromatic nitrogens is 1. The lowest BCUT2D eigenvalue weighted by Crippen LogP contribution is -2.29. The van der Waals surface area contributed by atoms with Gasteiger partial charge in [-0.3, -0.25) is 0 Å². The lowest BCUT2D eigenvalue weighted by molar-refractivity contribution is 0.253. The quantitative estimate of drug-likeness (QED) is 0.822. The van der Waals surface area contributed by atoms with Crippen LogP contribution in [0, 0.1) is 18.3 Å². The largest absolute Gasteiger partial charge is 0.306 e. The van der Waals surface area contributed by atoms with Crippen LogP contribution < -0.4 is 0 Å². The SMILES string of the molecule is Cc1sc(C2(C#N)CC2)nc1C1CCN(C)CC1. The molecule has 96 valence electrons. The fourth-order valence-corrected chi connectivity index (χ4v) is 3.97. The predicted molar refractivity (Wildman–Crippen MR) is 72.8 cm³/mol. The summed E-state index contributed by atoms with van der Waals surface area (Å²) in [7, 11) is 2.18. The van der Waals surface area contributed by atoms with Crippen LogP contribution in [0.15, 0.2) is 0 Å². The topological polar surface area (TPSA) is 39.9 Å². The standard InChI is InChI=1S/C14H19N3S/c1-10-12(11-3-7-17(2)8-4-11)16-13(18-10)14(9-15)5-6-14/h11H,3-8H2,1-2H3. The molecule has 3 rings (SSSR count). The highest BCUT2D eigenvalue weighted by Gasteiger charge is 2.48. The van der Waals surface area contributed by atoms with E-state index < -0.39 is 0 Å². The molecule has 18 heavy (non-hydrogen) atoms. The van der Waals surface area contributed by atoms with Crippen molar-refractivity contribution in [2.45, 2.75) is 43.9 Å². The Morgan fingerprint density at radius 2 is 2.06 bits per heavy atom. The maximum absolute atomic E-state index is 9.27. The molecule has 3 nitrogen and oxygen atoms in total. The number of hydrogen-bond acceptors (Lipinski definition) is 4. The fourth-order valence-electron chi connectivity index (χ4n) is 2.77. The highest BCUT2D eigenvalue weighted by Crippen LogP contribution is 2.50. The van der Waals surface area contributed by atoms with Crippen molar-refractivity contribution in [2.24, 2.45) is 0 Å². The van der Waals surface area contributed by atoms with E-state index in [1.807, 2.05) is 0 Å². The summed E-state index contributed by atoms with van der Waals surface area (Å²) < 4.78 is 0. The van der Waals surface area contributed by atoms with Crippen LogP contribution in [0.5, 0.6) is 0 Å². The van der Waals surface area contributed by atoms with Crippen molar-refractivity contribution in [3.63, 3.8) is 0 Å². The van der Waals surface area contributed by atoms with E-state index in [2.05, 4.69) is 24.9 Å². The first-order chi connectivity index (χ1) is 8.64. The predicted octanol–water partition coefficient (Wildman–Crippen LogP) is 2.82. The maximum atomic E-state index is 9.27. The summed E-state index contributed by atoms with van der Waals surface area (Å²) in [6.45, 7) is 4.50. The van der Waals surface area contributed by atoms with E-state index in [1.54, 1.807) is 11.3 Å². The van der Waals surface area contributed by atoms with Gasteiger partial charge in [-0.25, -0.2) is 4.98 Å². The average Bonchev–Trinajstić information content (AvgIpc) is 3.08. The summed E-state index contributed by atoms with van der Waals surface area (Å²) in [4.78, 5) is 8.56. The number of aryl methyl sites for hydroxylation is 1. The second-order valence-electron chi connectivity index (χ2n) is 5.73. The number of piperidine rings is 1. The molecule has 0 radical (unpaired) electrons. The summed E-state index contributed by atoms with van der Waals surface area (Å²) in [6, 6.07) is 2.46. The molecule has 1 aromatic heterocycles. The molecule has 0 bridgehead atoms. The average molecular weight is 261 g/mol. The Labute approximate surface area is 112 Å². The third kappa shape index (κ3) is 1.96. The van der Waals surface area contributed by atoms with Gasteiger partial charge >= 0.3 is 0 Å². The van der Waals surface area contributed by atoms with Gasteiger partial charge in [0.15, 0.2) is 0 Å². The molecule has 0 unspecified atom stereocenters. The molecule has 1 aliphatic carbocycles. The van der Waals surface area contributed by atoms with Crippen LogP contribution in [0.2, 0.25) is 0 Å². The molecule has 4 heteroatoms. The molecule has 0 aromatic carbocycles. The lowest BCUT2D eigenvalue weighted by Gasteiger charge is -2.28. The van der Waals surface area contributed by atoms with Gasteiger partial charge in [-0.2, -0.15) is 5.26 Å². The number of nitriles is 1. The van der Waals surface area contributed by atoms with Crippen LogP contribution in [0.4, 0.5) is 0 Å². The normalized spacial score (nSPS) is 23.8. The highest BCUT2D eigenvalue weighted by molar-refractivity contribution is 7.11. The summed E-state index contributed by atoms with van der Waals surface area (Å²) in [5.41, 5.74) is 1.07. The molecule has 2 aliphatic rings. The van der Waals surface area contributed by atoms with Gasteiger partial charge in [0.1, 0.15) is 10.4 Å². The number of thiazole rings is 1. The van der Waals surface area contributed by atoms with Crippen molar-refractivity contribution in [2.75, 3.05) is 20.1 Å². The number of rotatable bonds is 2. The molecule has 2 fully saturated rings. The molecule has 1 saturated carbocycles. The van der Waals surface area contributed by atoms with E-state index >= 15 is 0 Å². The Bertz CT molecular complexity index is 488. The summed E-state index contributed by atoms with van der Waals surface area (Å²) in [5.74, 6) is 0.612. The minimum absolute atomic E-state index is 0.209. The first kappa shape index (κ1) is 12.1.